The normalized spacial score (nSPS) is 27.0. The van der Waals surface area contributed by atoms with Crippen molar-refractivity contribution < 1.29 is 14.4 Å². The Morgan fingerprint density at radius 1 is 1.43 bits per heavy atom. The van der Waals surface area contributed by atoms with E-state index in [4.69, 9.17) is 5.73 Å². The van der Waals surface area contributed by atoms with E-state index in [9.17, 15) is 14.4 Å². The van der Waals surface area contributed by atoms with Gasteiger partial charge >= 0.3 is 6.03 Å². The van der Waals surface area contributed by atoms with E-state index in [1.54, 1.807) is 4.90 Å². The zero-order chi connectivity index (χ0) is 15.8. The molecular weight excluding hydrogens is 272 g/mol. The number of urea groups is 1. The molecule has 2 unspecified atom stereocenters. The SMILES string of the molecule is CC(C)(C)CC(CN)C(=O)N1CCC2(C1)NC(=O)NC2=O. The zero-order valence-corrected chi connectivity index (χ0v) is 12.9. The molecule has 0 aromatic rings. The molecule has 0 aliphatic carbocycles. The second-order valence-corrected chi connectivity index (χ2v) is 7.20. The molecule has 0 aromatic heterocycles. The Morgan fingerprint density at radius 3 is 2.57 bits per heavy atom. The summed E-state index contributed by atoms with van der Waals surface area (Å²) in [6.45, 7) is 7.19. The van der Waals surface area contributed by atoms with Crippen molar-refractivity contribution in [3.63, 3.8) is 0 Å². The molecule has 2 rings (SSSR count). The molecule has 2 heterocycles. The first-order valence-corrected chi connectivity index (χ1v) is 7.29. The fourth-order valence-electron chi connectivity index (χ4n) is 3.08. The summed E-state index contributed by atoms with van der Waals surface area (Å²) < 4.78 is 0. The maximum Gasteiger partial charge on any atom is 0.322 e. The van der Waals surface area contributed by atoms with Crippen LogP contribution in [0.25, 0.3) is 0 Å². The van der Waals surface area contributed by atoms with Crippen LogP contribution < -0.4 is 16.4 Å². The summed E-state index contributed by atoms with van der Waals surface area (Å²) in [5.74, 6) is -0.624. The summed E-state index contributed by atoms with van der Waals surface area (Å²) in [5.41, 5.74) is 4.81. The highest BCUT2D eigenvalue weighted by atomic mass is 16.2. The van der Waals surface area contributed by atoms with E-state index >= 15 is 0 Å². The summed E-state index contributed by atoms with van der Waals surface area (Å²) in [4.78, 5) is 37.4. The zero-order valence-electron chi connectivity index (χ0n) is 12.9. The van der Waals surface area contributed by atoms with Gasteiger partial charge in [-0.15, -0.1) is 0 Å². The standard InChI is InChI=1S/C14H24N4O3/c1-13(2,3)6-9(7-15)10(19)18-5-4-14(8-18)11(20)16-12(21)17-14/h9H,4-8,15H2,1-3H3,(H2,16,17,20,21). The van der Waals surface area contributed by atoms with Crippen molar-refractivity contribution >= 4 is 17.8 Å². The average Bonchev–Trinajstić information content (AvgIpc) is 2.90. The molecule has 0 radical (unpaired) electrons. The van der Waals surface area contributed by atoms with Gasteiger partial charge in [-0.1, -0.05) is 20.8 Å². The van der Waals surface area contributed by atoms with E-state index in [1.807, 2.05) is 0 Å². The third-order valence-electron chi connectivity index (χ3n) is 4.09. The molecular formula is C14H24N4O3. The number of carbonyl (C=O) groups is 3. The Morgan fingerprint density at radius 2 is 2.10 bits per heavy atom. The monoisotopic (exact) mass is 296 g/mol. The lowest BCUT2D eigenvalue weighted by molar-refractivity contribution is -0.135. The van der Waals surface area contributed by atoms with E-state index in [0.29, 0.717) is 19.4 Å². The van der Waals surface area contributed by atoms with Crippen LogP contribution in [-0.2, 0) is 9.59 Å². The van der Waals surface area contributed by atoms with E-state index in [0.717, 1.165) is 0 Å². The van der Waals surface area contributed by atoms with Gasteiger partial charge < -0.3 is 16.0 Å². The third-order valence-corrected chi connectivity index (χ3v) is 4.09. The number of imide groups is 1. The number of carbonyl (C=O) groups excluding carboxylic acids is 3. The number of nitrogens with one attached hydrogen (secondary N) is 2. The highest BCUT2D eigenvalue weighted by Crippen LogP contribution is 2.29. The number of likely N-dealkylation sites (tertiary alicyclic amines) is 1. The van der Waals surface area contributed by atoms with Gasteiger partial charge in [-0.25, -0.2) is 4.79 Å². The van der Waals surface area contributed by atoms with E-state index in [2.05, 4.69) is 31.4 Å². The number of nitrogens with two attached hydrogens (primary N) is 1. The van der Waals surface area contributed by atoms with Crippen molar-refractivity contribution in [3.05, 3.63) is 0 Å². The van der Waals surface area contributed by atoms with Crippen LogP contribution in [0.3, 0.4) is 0 Å². The van der Waals surface area contributed by atoms with Crippen LogP contribution >= 0.6 is 0 Å². The van der Waals surface area contributed by atoms with Gasteiger partial charge in [0.1, 0.15) is 5.54 Å². The Kier molecular flexibility index (Phi) is 3.97. The topological polar surface area (TPSA) is 105 Å². The summed E-state index contributed by atoms with van der Waals surface area (Å²) in [6.07, 6.45) is 1.15. The van der Waals surface area contributed by atoms with Crippen LogP contribution in [0.1, 0.15) is 33.6 Å². The first-order chi connectivity index (χ1) is 9.67. The van der Waals surface area contributed by atoms with Crippen LogP contribution in [0.5, 0.6) is 0 Å². The maximum absolute atomic E-state index is 12.6. The Labute approximate surface area is 124 Å². The van der Waals surface area contributed by atoms with E-state index < -0.39 is 11.6 Å². The first kappa shape index (κ1) is 15.8. The molecule has 2 aliphatic rings. The molecule has 2 aliphatic heterocycles. The van der Waals surface area contributed by atoms with Gasteiger partial charge in [-0.3, -0.25) is 14.9 Å². The number of hydrogen-bond acceptors (Lipinski definition) is 4. The van der Waals surface area contributed by atoms with Gasteiger partial charge in [0.2, 0.25) is 5.91 Å². The van der Waals surface area contributed by atoms with Crippen molar-refractivity contribution in [1.29, 1.82) is 0 Å². The Hall–Kier alpha value is -1.63. The molecule has 0 saturated carbocycles. The van der Waals surface area contributed by atoms with E-state index in [-0.39, 0.29) is 36.2 Å². The molecule has 0 aromatic carbocycles. The number of rotatable bonds is 3. The smallest absolute Gasteiger partial charge is 0.322 e. The summed E-state index contributed by atoms with van der Waals surface area (Å²) >= 11 is 0. The van der Waals surface area contributed by atoms with Crippen LogP contribution in [0.4, 0.5) is 4.79 Å². The van der Waals surface area contributed by atoms with Gasteiger partial charge in [0.15, 0.2) is 0 Å². The second kappa shape index (κ2) is 5.29. The lowest BCUT2D eigenvalue weighted by Gasteiger charge is -2.28. The third kappa shape index (κ3) is 3.18. The Balaban J connectivity index is 2.05. The van der Waals surface area contributed by atoms with Gasteiger partial charge in [-0.2, -0.15) is 0 Å². The molecule has 2 atom stereocenters. The second-order valence-electron chi connectivity index (χ2n) is 7.20. The molecule has 2 fully saturated rings. The molecule has 7 nitrogen and oxygen atoms in total. The molecule has 7 heteroatoms. The molecule has 2 saturated heterocycles. The first-order valence-electron chi connectivity index (χ1n) is 7.29. The van der Waals surface area contributed by atoms with Gasteiger partial charge in [0.05, 0.1) is 12.5 Å². The number of amides is 4. The maximum atomic E-state index is 12.6. The van der Waals surface area contributed by atoms with E-state index in [1.165, 1.54) is 0 Å². The van der Waals surface area contributed by atoms with Crippen LogP contribution in [0.15, 0.2) is 0 Å². The summed E-state index contributed by atoms with van der Waals surface area (Å²) in [5, 5.41) is 4.88. The largest absolute Gasteiger partial charge is 0.339 e. The minimum Gasteiger partial charge on any atom is -0.339 e. The Bertz CT molecular complexity index is 471. The van der Waals surface area contributed by atoms with Crippen LogP contribution in [-0.4, -0.2) is 47.9 Å². The summed E-state index contributed by atoms with van der Waals surface area (Å²) in [7, 11) is 0. The van der Waals surface area contributed by atoms with Crippen molar-refractivity contribution in [2.75, 3.05) is 19.6 Å². The number of hydrogen-bond donors (Lipinski definition) is 3. The molecule has 118 valence electrons. The van der Waals surface area contributed by atoms with Gasteiger partial charge in [0, 0.05) is 13.1 Å². The van der Waals surface area contributed by atoms with Gasteiger partial charge in [-0.05, 0) is 18.3 Å². The molecule has 21 heavy (non-hydrogen) atoms. The lowest BCUT2D eigenvalue weighted by Crippen LogP contribution is -2.50. The molecule has 4 amide bonds. The molecule has 1 spiro atoms. The van der Waals surface area contributed by atoms with Crippen molar-refractivity contribution in [2.45, 2.75) is 39.2 Å². The minimum absolute atomic E-state index is 0.00998. The average molecular weight is 296 g/mol. The highest BCUT2D eigenvalue weighted by Gasteiger charge is 2.52. The minimum atomic E-state index is -0.951. The van der Waals surface area contributed by atoms with Crippen LogP contribution in [0, 0.1) is 11.3 Å². The van der Waals surface area contributed by atoms with Crippen molar-refractivity contribution in [3.8, 4) is 0 Å². The fourth-order valence-corrected chi connectivity index (χ4v) is 3.08. The molecule has 4 N–H and O–H groups in total. The van der Waals surface area contributed by atoms with Gasteiger partial charge in [0.25, 0.3) is 5.91 Å². The lowest BCUT2D eigenvalue weighted by atomic mass is 9.84. The van der Waals surface area contributed by atoms with Crippen LogP contribution in [0.2, 0.25) is 0 Å². The fraction of sp³-hybridized carbons (Fsp3) is 0.786. The highest BCUT2D eigenvalue weighted by molar-refractivity contribution is 6.07. The number of nitrogens with zero attached hydrogens (tertiary/aromatic N) is 1. The summed E-state index contributed by atoms with van der Waals surface area (Å²) in [6, 6.07) is -0.487. The van der Waals surface area contributed by atoms with Crippen molar-refractivity contribution in [2.24, 2.45) is 17.1 Å². The molecule has 0 bridgehead atoms. The van der Waals surface area contributed by atoms with Crippen molar-refractivity contribution in [1.82, 2.24) is 15.5 Å². The predicted molar refractivity (Wildman–Crippen MR) is 77.2 cm³/mol. The quantitative estimate of drug-likeness (QED) is 0.628. The predicted octanol–water partition coefficient (Wildman–Crippen LogP) is -0.192.